The number of hydrogen-bond donors (Lipinski definition) is 0. The van der Waals surface area contributed by atoms with Crippen LogP contribution < -0.4 is 0 Å². The molecule has 1 aliphatic rings. The second-order valence-electron chi connectivity index (χ2n) is 5.35. The lowest BCUT2D eigenvalue weighted by molar-refractivity contribution is 0.530. The Morgan fingerprint density at radius 3 is 2.15 bits per heavy atom. The largest absolute Gasteiger partial charge is 0.120 e. The zero-order valence-corrected chi connectivity index (χ0v) is 10.4. The maximum absolute atomic E-state index is 2.34. The Morgan fingerprint density at radius 1 is 1.23 bits per heavy atom. The molecule has 0 fully saturated rings. The van der Waals surface area contributed by atoms with Gasteiger partial charge in [-0.1, -0.05) is 32.4 Å². The minimum Gasteiger partial charge on any atom is -0.120 e. The van der Waals surface area contributed by atoms with Gasteiger partial charge in [0.2, 0.25) is 0 Å². The van der Waals surface area contributed by atoms with Crippen LogP contribution in [-0.4, -0.2) is 4.75 Å². The molecule has 0 aromatic carbocycles. The molecule has 74 valence electrons. The SMILES string of the molecule is CC1=CC(C)(C)SC(C(C)(C)C)=C1. The van der Waals surface area contributed by atoms with Gasteiger partial charge in [-0.2, -0.15) is 0 Å². The maximum atomic E-state index is 2.34. The molecule has 0 saturated heterocycles. The third-order valence-electron chi connectivity index (χ3n) is 2.05. The predicted octanol–water partition coefficient (Wildman–Crippen LogP) is 4.39. The first kappa shape index (κ1) is 10.9. The van der Waals surface area contributed by atoms with E-state index in [4.69, 9.17) is 0 Å². The molecule has 0 nitrogen and oxygen atoms in total. The van der Waals surface area contributed by atoms with E-state index in [-0.39, 0.29) is 10.2 Å². The first-order valence-electron chi connectivity index (χ1n) is 4.81. The molecule has 0 amide bonds. The summed E-state index contributed by atoms with van der Waals surface area (Å²) in [5, 5.41) is 0. The molecule has 0 aliphatic carbocycles. The van der Waals surface area contributed by atoms with Crippen molar-refractivity contribution in [3.8, 4) is 0 Å². The van der Waals surface area contributed by atoms with Crippen LogP contribution in [0.15, 0.2) is 22.6 Å². The fourth-order valence-corrected chi connectivity index (χ4v) is 2.87. The summed E-state index contributed by atoms with van der Waals surface area (Å²) in [7, 11) is 0. The average Bonchev–Trinajstić information content (AvgIpc) is 1.79. The van der Waals surface area contributed by atoms with E-state index in [1.807, 2.05) is 11.8 Å². The lowest BCUT2D eigenvalue weighted by Gasteiger charge is -2.33. The highest BCUT2D eigenvalue weighted by Gasteiger charge is 2.27. The summed E-state index contributed by atoms with van der Waals surface area (Å²) in [6, 6.07) is 0. The van der Waals surface area contributed by atoms with Gasteiger partial charge in [-0.3, -0.25) is 0 Å². The van der Waals surface area contributed by atoms with Gasteiger partial charge < -0.3 is 0 Å². The molecule has 1 heterocycles. The summed E-state index contributed by atoms with van der Waals surface area (Å²) in [6.07, 6.45) is 4.66. The Balaban J connectivity index is 2.99. The van der Waals surface area contributed by atoms with E-state index in [0.29, 0.717) is 0 Å². The minimum atomic E-state index is 0.265. The van der Waals surface area contributed by atoms with Crippen molar-refractivity contribution in [3.05, 3.63) is 22.6 Å². The van der Waals surface area contributed by atoms with Crippen LogP contribution >= 0.6 is 11.8 Å². The molecule has 0 aromatic rings. The Hall–Kier alpha value is -0.170. The molecule has 13 heavy (non-hydrogen) atoms. The van der Waals surface area contributed by atoms with Crippen molar-refractivity contribution >= 4 is 11.8 Å². The summed E-state index contributed by atoms with van der Waals surface area (Å²) in [6.45, 7) is 13.6. The Labute approximate surface area is 86.5 Å². The fraction of sp³-hybridized carbons (Fsp3) is 0.667. The van der Waals surface area contributed by atoms with Gasteiger partial charge in [0.15, 0.2) is 0 Å². The van der Waals surface area contributed by atoms with E-state index in [0.717, 1.165) is 0 Å². The second-order valence-corrected chi connectivity index (χ2v) is 7.05. The Kier molecular flexibility index (Phi) is 2.68. The van der Waals surface area contributed by atoms with Gasteiger partial charge >= 0.3 is 0 Å². The average molecular weight is 196 g/mol. The van der Waals surface area contributed by atoms with Crippen LogP contribution in [0.3, 0.4) is 0 Å². The molecule has 0 unspecified atom stereocenters. The zero-order valence-electron chi connectivity index (χ0n) is 9.56. The molecular formula is C12H20S. The monoisotopic (exact) mass is 196 g/mol. The van der Waals surface area contributed by atoms with E-state index >= 15 is 0 Å². The van der Waals surface area contributed by atoms with Crippen molar-refractivity contribution in [2.75, 3.05) is 0 Å². The summed E-state index contributed by atoms with van der Waals surface area (Å²) in [5.74, 6) is 0. The van der Waals surface area contributed by atoms with Crippen LogP contribution in [0, 0.1) is 5.41 Å². The van der Waals surface area contributed by atoms with Gasteiger partial charge in [-0.25, -0.2) is 0 Å². The highest BCUT2D eigenvalue weighted by molar-refractivity contribution is 8.04. The summed E-state index contributed by atoms with van der Waals surface area (Å²) >= 11 is 1.98. The third-order valence-corrected chi connectivity index (χ3v) is 3.64. The number of hydrogen-bond acceptors (Lipinski definition) is 1. The molecule has 0 saturated carbocycles. The quantitative estimate of drug-likeness (QED) is 0.554. The van der Waals surface area contributed by atoms with E-state index in [9.17, 15) is 0 Å². The van der Waals surface area contributed by atoms with Gasteiger partial charge in [0.25, 0.3) is 0 Å². The molecule has 0 aromatic heterocycles. The van der Waals surface area contributed by atoms with Gasteiger partial charge in [0.1, 0.15) is 0 Å². The van der Waals surface area contributed by atoms with Crippen molar-refractivity contribution in [2.24, 2.45) is 5.41 Å². The van der Waals surface area contributed by atoms with Crippen LogP contribution in [0.25, 0.3) is 0 Å². The van der Waals surface area contributed by atoms with E-state index < -0.39 is 0 Å². The van der Waals surface area contributed by atoms with E-state index in [1.54, 1.807) is 0 Å². The summed E-state index contributed by atoms with van der Waals surface area (Å²) in [4.78, 5) is 1.50. The molecule has 1 rings (SSSR count). The van der Waals surface area contributed by atoms with Crippen LogP contribution in [0.5, 0.6) is 0 Å². The van der Waals surface area contributed by atoms with Crippen LogP contribution in [0.4, 0.5) is 0 Å². The summed E-state index contributed by atoms with van der Waals surface area (Å²) < 4.78 is 0.265. The van der Waals surface area contributed by atoms with Gasteiger partial charge in [-0.15, -0.1) is 11.8 Å². The fourth-order valence-electron chi connectivity index (χ4n) is 1.51. The van der Waals surface area contributed by atoms with Gasteiger partial charge in [0.05, 0.1) is 0 Å². The first-order chi connectivity index (χ1) is 5.71. The lowest BCUT2D eigenvalue weighted by Crippen LogP contribution is -2.19. The number of rotatable bonds is 0. The van der Waals surface area contributed by atoms with E-state index in [1.165, 1.54) is 10.5 Å². The molecule has 0 radical (unpaired) electrons. The number of allylic oxidation sites excluding steroid dienone is 3. The smallest absolute Gasteiger partial charge is 0.0332 e. The van der Waals surface area contributed by atoms with Crippen LogP contribution in [0.2, 0.25) is 0 Å². The normalized spacial score (nSPS) is 22.3. The maximum Gasteiger partial charge on any atom is 0.0332 e. The highest BCUT2D eigenvalue weighted by Crippen LogP contribution is 2.45. The molecule has 0 N–H and O–H groups in total. The topological polar surface area (TPSA) is 0 Å². The molecule has 0 bridgehead atoms. The van der Waals surface area contributed by atoms with Crippen molar-refractivity contribution in [3.63, 3.8) is 0 Å². The standard InChI is InChI=1S/C12H20S/c1-9-7-10(11(2,3)4)13-12(5,6)8-9/h7-8H,1-6H3. The molecule has 0 atom stereocenters. The van der Waals surface area contributed by atoms with Crippen molar-refractivity contribution < 1.29 is 0 Å². The summed E-state index contributed by atoms with van der Waals surface area (Å²) in [5.41, 5.74) is 1.69. The highest BCUT2D eigenvalue weighted by atomic mass is 32.2. The van der Waals surface area contributed by atoms with Crippen molar-refractivity contribution in [1.29, 1.82) is 0 Å². The second kappa shape index (κ2) is 3.20. The van der Waals surface area contributed by atoms with Crippen LogP contribution in [-0.2, 0) is 0 Å². The van der Waals surface area contributed by atoms with E-state index in [2.05, 4.69) is 53.7 Å². The van der Waals surface area contributed by atoms with Gasteiger partial charge in [-0.05, 0) is 37.2 Å². The zero-order chi connectivity index (χ0) is 10.3. The molecular weight excluding hydrogens is 176 g/mol. The third kappa shape index (κ3) is 2.91. The minimum absolute atomic E-state index is 0.265. The van der Waals surface area contributed by atoms with Crippen LogP contribution in [0.1, 0.15) is 41.5 Å². The predicted molar refractivity (Wildman–Crippen MR) is 63.0 cm³/mol. The Morgan fingerprint density at radius 2 is 1.77 bits per heavy atom. The molecule has 0 spiro atoms. The lowest BCUT2D eigenvalue weighted by atomic mass is 9.94. The number of thioether (sulfide) groups is 1. The molecule has 1 aliphatic heterocycles. The van der Waals surface area contributed by atoms with Crippen molar-refractivity contribution in [1.82, 2.24) is 0 Å². The Bertz CT molecular complexity index is 261. The van der Waals surface area contributed by atoms with Gasteiger partial charge in [0, 0.05) is 4.75 Å². The molecule has 1 heteroatoms. The first-order valence-corrected chi connectivity index (χ1v) is 5.63. The van der Waals surface area contributed by atoms with Crippen molar-refractivity contribution in [2.45, 2.75) is 46.3 Å².